The van der Waals surface area contributed by atoms with E-state index in [2.05, 4.69) is 0 Å². The van der Waals surface area contributed by atoms with Crippen LogP contribution in [0.4, 0.5) is 4.79 Å². The monoisotopic (exact) mass is 424 g/mol. The topological polar surface area (TPSA) is 102 Å². The quantitative estimate of drug-likeness (QED) is 0.678. The molecule has 1 fully saturated rings. The van der Waals surface area contributed by atoms with Gasteiger partial charge in [0.2, 0.25) is 0 Å². The van der Waals surface area contributed by atoms with Crippen LogP contribution in [-0.2, 0) is 25.7 Å². The van der Waals surface area contributed by atoms with Gasteiger partial charge in [0.25, 0.3) is 11.8 Å². The van der Waals surface area contributed by atoms with Crippen LogP contribution in [0.15, 0.2) is 54.6 Å². The third kappa shape index (κ3) is 3.99. The van der Waals surface area contributed by atoms with Gasteiger partial charge in [0.15, 0.2) is 0 Å². The Morgan fingerprint density at radius 1 is 0.968 bits per heavy atom. The van der Waals surface area contributed by atoms with Crippen molar-refractivity contribution < 1.29 is 33.5 Å². The van der Waals surface area contributed by atoms with Crippen molar-refractivity contribution in [3.8, 4) is 0 Å². The number of benzene rings is 2. The second kappa shape index (κ2) is 8.57. The van der Waals surface area contributed by atoms with E-state index in [1.165, 1.54) is 24.1 Å². The number of methoxy groups -OCH3 is 1. The molecule has 0 radical (unpaired) electrons. The minimum absolute atomic E-state index is 0.0357. The molecule has 0 aromatic heterocycles. The van der Waals surface area contributed by atoms with Crippen LogP contribution >= 0.6 is 0 Å². The van der Waals surface area contributed by atoms with Crippen LogP contribution in [0.2, 0.25) is 0 Å². The minimum atomic E-state index is -1.06. The number of ether oxygens (including phenoxy) is 2. The van der Waals surface area contributed by atoms with Crippen LogP contribution in [0.3, 0.4) is 0 Å². The lowest BCUT2D eigenvalue weighted by Crippen LogP contribution is -2.45. The van der Waals surface area contributed by atoms with Gasteiger partial charge in [0, 0.05) is 13.5 Å². The molecule has 31 heavy (non-hydrogen) atoms. The van der Waals surface area contributed by atoms with Crippen LogP contribution in [0.25, 0.3) is 0 Å². The molecule has 160 valence electrons. The maximum atomic E-state index is 12.8. The molecule has 0 N–H and O–H groups in total. The van der Waals surface area contributed by atoms with E-state index in [4.69, 9.17) is 14.3 Å². The molecule has 0 unspecified atom stereocenters. The zero-order chi connectivity index (χ0) is 22.0. The van der Waals surface area contributed by atoms with E-state index in [1.807, 2.05) is 30.3 Å². The van der Waals surface area contributed by atoms with Crippen molar-refractivity contribution in [2.45, 2.75) is 25.2 Å². The smallest absolute Gasteiger partial charge is 0.410 e. The van der Waals surface area contributed by atoms with Gasteiger partial charge in [-0.3, -0.25) is 14.5 Å². The fourth-order valence-corrected chi connectivity index (χ4v) is 3.60. The van der Waals surface area contributed by atoms with Gasteiger partial charge in [-0.05, 0) is 17.7 Å². The Kier molecular flexibility index (Phi) is 5.68. The first-order valence-electron chi connectivity index (χ1n) is 9.69. The summed E-state index contributed by atoms with van der Waals surface area (Å²) >= 11 is 0. The van der Waals surface area contributed by atoms with Crippen molar-refractivity contribution in [3.63, 3.8) is 0 Å². The maximum absolute atomic E-state index is 12.8. The molecule has 4 rings (SSSR count). The van der Waals surface area contributed by atoms with Crippen molar-refractivity contribution >= 4 is 23.9 Å². The summed E-state index contributed by atoms with van der Waals surface area (Å²) in [6.45, 7) is 0.153. The van der Waals surface area contributed by atoms with Gasteiger partial charge in [0.1, 0.15) is 12.6 Å². The standard InChI is InChI=1S/C22H20N2O7/c1-29-15-11-18(23(12-15)22(28)30-13-14-7-3-2-4-8-14)21(27)31-24-19(25)16-9-5-6-10-17(16)20(24)26/h2-10,15,18H,11-13H2,1H3/t15-,18+/m1/s1. The zero-order valence-corrected chi connectivity index (χ0v) is 16.7. The highest BCUT2D eigenvalue weighted by atomic mass is 16.7. The number of hydrogen-bond donors (Lipinski definition) is 0. The Morgan fingerprint density at radius 3 is 2.19 bits per heavy atom. The van der Waals surface area contributed by atoms with Gasteiger partial charge in [0.05, 0.1) is 23.8 Å². The fraction of sp³-hybridized carbons (Fsp3) is 0.273. The third-order valence-electron chi connectivity index (χ3n) is 5.25. The van der Waals surface area contributed by atoms with Crippen molar-refractivity contribution in [3.05, 3.63) is 71.3 Å². The average Bonchev–Trinajstić information content (AvgIpc) is 3.34. The van der Waals surface area contributed by atoms with E-state index in [0.717, 1.165) is 5.56 Å². The molecule has 0 spiro atoms. The second-order valence-corrected chi connectivity index (χ2v) is 7.16. The first-order chi connectivity index (χ1) is 15.0. The van der Waals surface area contributed by atoms with Crippen molar-refractivity contribution in [2.75, 3.05) is 13.7 Å². The van der Waals surface area contributed by atoms with Crippen molar-refractivity contribution in [1.29, 1.82) is 0 Å². The highest BCUT2D eigenvalue weighted by Crippen LogP contribution is 2.26. The van der Waals surface area contributed by atoms with E-state index in [9.17, 15) is 19.2 Å². The van der Waals surface area contributed by atoms with Crippen LogP contribution in [0, 0.1) is 0 Å². The Balaban J connectivity index is 1.45. The van der Waals surface area contributed by atoms with Gasteiger partial charge in [-0.25, -0.2) is 9.59 Å². The lowest BCUT2D eigenvalue weighted by atomic mass is 10.1. The summed E-state index contributed by atoms with van der Waals surface area (Å²) in [7, 11) is 1.47. The summed E-state index contributed by atoms with van der Waals surface area (Å²) in [5, 5.41) is 0.431. The predicted octanol–water partition coefficient (Wildman–Crippen LogP) is 2.17. The van der Waals surface area contributed by atoms with E-state index in [-0.39, 0.29) is 30.7 Å². The van der Waals surface area contributed by atoms with Crippen molar-refractivity contribution in [1.82, 2.24) is 9.96 Å². The lowest BCUT2D eigenvalue weighted by molar-refractivity contribution is -0.173. The molecule has 2 aliphatic heterocycles. The highest BCUT2D eigenvalue weighted by Gasteiger charge is 2.45. The zero-order valence-electron chi connectivity index (χ0n) is 16.7. The lowest BCUT2D eigenvalue weighted by Gasteiger charge is -2.23. The van der Waals surface area contributed by atoms with E-state index in [0.29, 0.717) is 5.06 Å². The molecule has 0 saturated carbocycles. The molecule has 9 nitrogen and oxygen atoms in total. The largest absolute Gasteiger partial charge is 0.445 e. The predicted molar refractivity (Wildman–Crippen MR) is 106 cm³/mol. The highest BCUT2D eigenvalue weighted by molar-refractivity contribution is 6.20. The molecule has 3 amide bonds. The number of rotatable bonds is 5. The SMILES string of the molecule is CO[C@@H]1C[C@@H](C(=O)ON2C(=O)c3ccccc3C2=O)N(C(=O)OCc2ccccc2)C1. The molecule has 0 aliphatic carbocycles. The summed E-state index contributed by atoms with van der Waals surface area (Å²) in [4.78, 5) is 56.7. The van der Waals surface area contributed by atoms with Crippen LogP contribution in [-0.4, -0.2) is 59.6 Å². The average molecular weight is 424 g/mol. The van der Waals surface area contributed by atoms with Crippen LogP contribution in [0.5, 0.6) is 0 Å². The Morgan fingerprint density at radius 2 is 1.58 bits per heavy atom. The van der Waals surface area contributed by atoms with E-state index >= 15 is 0 Å². The molecular formula is C22H20N2O7. The first-order valence-corrected chi connectivity index (χ1v) is 9.69. The molecule has 9 heteroatoms. The van der Waals surface area contributed by atoms with Crippen LogP contribution in [0.1, 0.15) is 32.7 Å². The molecular weight excluding hydrogens is 404 g/mol. The maximum Gasteiger partial charge on any atom is 0.410 e. The summed E-state index contributed by atoms with van der Waals surface area (Å²) in [6, 6.07) is 14.2. The molecule has 2 heterocycles. The Bertz CT molecular complexity index is 989. The fourth-order valence-electron chi connectivity index (χ4n) is 3.60. The molecule has 0 bridgehead atoms. The number of imide groups is 1. The van der Waals surface area contributed by atoms with E-state index in [1.54, 1.807) is 12.1 Å². The molecule has 2 aromatic carbocycles. The number of likely N-dealkylation sites (tertiary alicyclic amines) is 1. The number of hydrogen-bond acceptors (Lipinski definition) is 7. The molecule has 2 aliphatic rings. The van der Waals surface area contributed by atoms with Gasteiger partial charge in [-0.2, -0.15) is 0 Å². The Labute approximate surface area is 178 Å². The van der Waals surface area contributed by atoms with E-state index < -0.39 is 36.0 Å². The summed E-state index contributed by atoms with van der Waals surface area (Å²) in [5.41, 5.74) is 1.10. The normalized spacial score (nSPS) is 20.0. The minimum Gasteiger partial charge on any atom is -0.445 e. The number of amides is 3. The number of carbonyl (C=O) groups excluding carboxylic acids is 4. The molecule has 2 atom stereocenters. The summed E-state index contributed by atoms with van der Waals surface area (Å²) in [6.07, 6.45) is -0.976. The molecule has 2 aromatic rings. The second-order valence-electron chi connectivity index (χ2n) is 7.16. The van der Waals surface area contributed by atoms with Crippen molar-refractivity contribution in [2.24, 2.45) is 0 Å². The van der Waals surface area contributed by atoms with Crippen LogP contribution < -0.4 is 0 Å². The number of fused-ring (bicyclic) bond motifs is 1. The van der Waals surface area contributed by atoms with Gasteiger partial charge < -0.3 is 14.3 Å². The van der Waals surface area contributed by atoms with Gasteiger partial charge in [-0.1, -0.05) is 47.5 Å². The van der Waals surface area contributed by atoms with Gasteiger partial charge in [-0.15, -0.1) is 0 Å². The first kappa shape index (κ1) is 20.5. The Hall–Kier alpha value is -3.72. The summed E-state index contributed by atoms with van der Waals surface area (Å²) in [5.74, 6) is -2.37. The summed E-state index contributed by atoms with van der Waals surface area (Å²) < 4.78 is 10.6. The number of hydroxylamine groups is 2. The third-order valence-corrected chi connectivity index (χ3v) is 5.25. The molecule has 1 saturated heterocycles. The van der Waals surface area contributed by atoms with Gasteiger partial charge >= 0.3 is 12.1 Å². The number of nitrogens with zero attached hydrogens (tertiary/aromatic N) is 2. The number of carbonyl (C=O) groups is 4.